The standard InChI is InChI=1S/C19H34N2/c1-8-16(4)19(11-9-10-15(2)3)21-13-12-18(20(6)7)14-17(21)5/h8,15-19H,1,10,12-14H2,2-7H3/t16-,17+,18?,19?/m0/s1. The minimum atomic E-state index is 0.319. The second-order valence-electron chi connectivity index (χ2n) is 7.19. The van der Waals surface area contributed by atoms with Crippen molar-refractivity contribution in [3.05, 3.63) is 12.7 Å². The van der Waals surface area contributed by atoms with E-state index in [9.17, 15) is 0 Å². The van der Waals surface area contributed by atoms with Crippen LogP contribution in [0.25, 0.3) is 0 Å². The summed E-state index contributed by atoms with van der Waals surface area (Å²) >= 11 is 0. The molecule has 2 unspecified atom stereocenters. The van der Waals surface area contributed by atoms with E-state index in [1.807, 2.05) is 0 Å². The van der Waals surface area contributed by atoms with E-state index in [-0.39, 0.29) is 0 Å². The van der Waals surface area contributed by atoms with Gasteiger partial charge in [0.15, 0.2) is 0 Å². The van der Waals surface area contributed by atoms with Gasteiger partial charge in [-0.1, -0.05) is 32.8 Å². The van der Waals surface area contributed by atoms with Crippen LogP contribution in [0.3, 0.4) is 0 Å². The number of rotatable bonds is 5. The van der Waals surface area contributed by atoms with Crippen LogP contribution in [-0.2, 0) is 0 Å². The normalized spacial score (nSPS) is 26.3. The Morgan fingerprint density at radius 1 is 1.33 bits per heavy atom. The first-order chi connectivity index (χ1) is 9.86. The largest absolute Gasteiger partial charge is 0.306 e. The number of likely N-dealkylation sites (tertiary alicyclic amines) is 1. The summed E-state index contributed by atoms with van der Waals surface area (Å²) in [6, 6.07) is 1.62. The molecule has 1 saturated heterocycles. The Morgan fingerprint density at radius 3 is 2.48 bits per heavy atom. The van der Waals surface area contributed by atoms with Gasteiger partial charge in [0.05, 0.1) is 6.04 Å². The van der Waals surface area contributed by atoms with Gasteiger partial charge < -0.3 is 4.90 Å². The highest BCUT2D eigenvalue weighted by Crippen LogP contribution is 2.25. The van der Waals surface area contributed by atoms with Crippen molar-refractivity contribution in [3.8, 4) is 11.8 Å². The van der Waals surface area contributed by atoms with Crippen molar-refractivity contribution in [3.63, 3.8) is 0 Å². The zero-order valence-electron chi connectivity index (χ0n) is 14.9. The van der Waals surface area contributed by atoms with Crippen molar-refractivity contribution in [2.75, 3.05) is 20.6 Å². The molecule has 1 rings (SSSR count). The molecule has 0 amide bonds. The van der Waals surface area contributed by atoms with Crippen molar-refractivity contribution in [1.29, 1.82) is 0 Å². The summed E-state index contributed by atoms with van der Waals surface area (Å²) in [5.41, 5.74) is 0. The first kappa shape index (κ1) is 18.3. The van der Waals surface area contributed by atoms with Gasteiger partial charge in [0.25, 0.3) is 0 Å². The van der Waals surface area contributed by atoms with E-state index >= 15 is 0 Å². The van der Waals surface area contributed by atoms with E-state index in [0.717, 1.165) is 13.0 Å². The van der Waals surface area contributed by atoms with Crippen LogP contribution in [0.5, 0.6) is 0 Å². The zero-order chi connectivity index (χ0) is 16.0. The first-order valence-corrected chi connectivity index (χ1v) is 8.39. The summed E-state index contributed by atoms with van der Waals surface area (Å²) in [7, 11) is 4.39. The molecule has 1 fully saturated rings. The van der Waals surface area contributed by atoms with Crippen molar-refractivity contribution in [2.24, 2.45) is 11.8 Å². The minimum Gasteiger partial charge on any atom is -0.306 e. The molecule has 4 atom stereocenters. The predicted molar refractivity (Wildman–Crippen MR) is 93.3 cm³/mol. The summed E-state index contributed by atoms with van der Waals surface area (Å²) in [6.45, 7) is 14.2. The molecule has 2 heteroatoms. The fraction of sp³-hybridized carbons (Fsp3) is 0.789. The number of nitrogens with zero attached hydrogens (tertiary/aromatic N) is 2. The molecule has 0 saturated carbocycles. The minimum absolute atomic E-state index is 0.319. The molecule has 0 radical (unpaired) electrons. The summed E-state index contributed by atoms with van der Waals surface area (Å²) in [5, 5.41) is 0. The molecule has 120 valence electrons. The van der Waals surface area contributed by atoms with E-state index in [0.29, 0.717) is 30.0 Å². The Kier molecular flexibility index (Phi) is 7.49. The average molecular weight is 290 g/mol. The fourth-order valence-electron chi connectivity index (χ4n) is 3.06. The Balaban J connectivity index is 2.79. The number of piperidine rings is 1. The topological polar surface area (TPSA) is 6.48 Å². The Hall–Kier alpha value is -0.780. The van der Waals surface area contributed by atoms with Crippen LogP contribution in [-0.4, -0.2) is 48.6 Å². The van der Waals surface area contributed by atoms with Crippen molar-refractivity contribution >= 4 is 0 Å². The van der Waals surface area contributed by atoms with Gasteiger partial charge in [-0.25, -0.2) is 0 Å². The maximum atomic E-state index is 3.99. The third kappa shape index (κ3) is 5.49. The molecule has 0 aromatic rings. The van der Waals surface area contributed by atoms with Gasteiger partial charge in [0.1, 0.15) is 0 Å². The summed E-state index contributed by atoms with van der Waals surface area (Å²) < 4.78 is 0. The van der Waals surface area contributed by atoms with Crippen LogP contribution < -0.4 is 0 Å². The van der Waals surface area contributed by atoms with E-state index in [2.05, 4.69) is 76.1 Å². The second-order valence-corrected chi connectivity index (χ2v) is 7.19. The third-order valence-electron chi connectivity index (χ3n) is 4.62. The maximum Gasteiger partial charge on any atom is 0.0777 e. The highest BCUT2D eigenvalue weighted by molar-refractivity contribution is 5.13. The lowest BCUT2D eigenvalue weighted by molar-refractivity contribution is 0.0685. The quantitative estimate of drug-likeness (QED) is 0.563. The second kappa shape index (κ2) is 8.61. The van der Waals surface area contributed by atoms with Gasteiger partial charge in [0, 0.05) is 31.0 Å². The van der Waals surface area contributed by atoms with Gasteiger partial charge in [-0.2, -0.15) is 0 Å². The molecule has 0 aliphatic carbocycles. The molecule has 0 aromatic heterocycles. The van der Waals surface area contributed by atoms with Crippen LogP contribution >= 0.6 is 0 Å². The summed E-state index contributed by atoms with van der Waals surface area (Å²) in [4.78, 5) is 4.96. The predicted octanol–water partition coefficient (Wildman–Crippen LogP) is 3.64. The molecule has 0 N–H and O–H groups in total. The highest BCUT2D eigenvalue weighted by atomic mass is 15.2. The molecule has 1 aliphatic heterocycles. The van der Waals surface area contributed by atoms with Gasteiger partial charge >= 0.3 is 0 Å². The van der Waals surface area contributed by atoms with E-state index in [1.165, 1.54) is 12.8 Å². The third-order valence-corrected chi connectivity index (χ3v) is 4.62. The average Bonchev–Trinajstić information content (AvgIpc) is 2.43. The van der Waals surface area contributed by atoms with Crippen LogP contribution in [0, 0.1) is 23.7 Å². The molecule has 21 heavy (non-hydrogen) atoms. The van der Waals surface area contributed by atoms with Crippen molar-refractivity contribution < 1.29 is 0 Å². The van der Waals surface area contributed by atoms with Gasteiger partial charge in [-0.3, -0.25) is 4.90 Å². The maximum absolute atomic E-state index is 3.99. The highest BCUT2D eigenvalue weighted by Gasteiger charge is 2.32. The number of hydrogen-bond donors (Lipinski definition) is 0. The molecule has 0 spiro atoms. The molecule has 2 nitrogen and oxygen atoms in total. The number of hydrogen-bond acceptors (Lipinski definition) is 2. The van der Waals surface area contributed by atoms with Crippen LogP contribution in [0.4, 0.5) is 0 Å². The molecule has 0 aromatic carbocycles. The lowest BCUT2D eigenvalue weighted by atomic mass is 9.91. The summed E-state index contributed by atoms with van der Waals surface area (Å²) in [6.07, 6.45) is 5.52. The molecular weight excluding hydrogens is 256 g/mol. The van der Waals surface area contributed by atoms with Crippen LogP contribution in [0.1, 0.15) is 47.0 Å². The lowest BCUT2D eigenvalue weighted by Crippen LogP contribution is -2.52. The lowest BCUT2D eigenvalue weighted by Gasteiger charge is -2.43. The zero-order valence-corrected chi connectivity index (χ0v) is 14.9. The van der Waals surface area contributed by atoms with E-state index < -0.39 is 0 Å². The van der Waals surface area contributed by atoms with Crippen molar-refractivity contribution in [2.45, 2.75) is 65.1 Å². The monoisotopic (exact) mass is 290 g/mol. The molecule has 1 heterocycles. The SMILES string of the molecule is C=C[C@H](C)C(C#CCC(C)C)N1CCC(N(C)C)C[C@H]1C. The van der Waals surface area contributed by atoms with Gasteiger partial charge in [0.2, 0.25) is 0 Å². The van der Waals surface area contributed by atoms with Gasteiger partial charge in [-0.05, 0) is 39.8 Å². The molecule has 1 aliphatic rings. The smallest absolute Gasteiger partial charge is 0.0777 e. The molecule has 0 bridgehead atoms. The Bertz CT molecular complexity index is 375. The van der Waals surface area contributed by atoms with E-state index in [1.54, 1.807) is 0 Å². The van der Waals surface area contributed by atoms with Crippen molar-refractivity contribution in [1.82, 2.24) is 9.80 Å². The molecular formula is C19H34N2. The first-order valence-electron chi connectivity index (χ1n) is 8.39. The van der Waals surface area contributed by atoms with Crippen LogP contribution in [0.2, 0.25) is 0 Å². The van der Waals surface area contributed by atoms with Crippen LogP contribution in [0.15, 0.2) is 12.7 Å². The fourth-order valence-corrected chi connectivity index (χ4v) is 3.06. The Labute approximate surface area is 132 Å². The van der Waals surface area contributed by atoms with E-state index in [4.69, 9.17) is 0 Å². The van der Waals surface area contributed by atoms with Gasteiger partial charge in [-0.15, -0.1) is 12.5 Å². The summed E-state index contributed by atoms with van der Waals surface area (Å²) in [5.74, 6) is 8.01. The Morgan fingerprint density at radius 2 is 2.00 bits per heavy atom.